The number of ether oxygens (including phenoxy) is 1. The molecule has 0 aromatic heterocycles. The maximum absolute atomic E-state index is 10.2. The Balaban J connectivity index is 2.15. The maximum Gasteiger partial charge on any atom is 0.317 e. The molecule has 4 nitrogen and oxygen atoms in total. The normalized spacial score (nSPS) is 29.1. The Morgan fingerprint density at radius 2 is 2.42 bits per heavy atom. The fourth-order valence-electron chi connectivity index (χ4n) is 1.57. The monoisotopic (exact) mass is 173 g/mol. The summed E-state index contributed by atoms with van der Waals surface area (Å²) in [6.07, 6.45) is 3.31. The number of hydrogen-bond donors (Lipinski definition) is 2. The second-order valence-electron chi connectivity index (χ2n) is 3.14. The summed E-state index contributed by atoms with van der Waals surface area (Å²) in [6.45, 7) is 0.0566. The van der Waals surface area contributed by atoms with Crippen molar-refractivity contribution in [1.82, 2.24) is 5.32 Å². The van der Waals surface area contributed by atoms with E-state index >= 15 is 0 Å². The molecule has 0 aromatic rings. The maximum atomic E-state index is 10.2. The van der Waals surface area contributed by atoms with Gasteiger partial charge in [-0.05, 0) is 19.3 Å². The standard InChI is InChI=1S/C8H15NO3/c1-12-7-3-2-6(4-7)9-5-8(10)11/h6-7,9H,2-5H2,1H3,(H,10,11). The van der Waals surface area contributed by atoms with Gasteiger partial charge in [-0.3, -0.25) is 4.79 Å². The number of methoxy groups -OCH3 is 1. The summed E-state index contributed by atoms with van der Waals surface area (Å²) in [5.41, 5.74) is 0. The van der Waals surface area contributed by atoms with Gasteiger partial charge in [0.15, 0.2) is 0 Å². The average Bonchev–Trinajstić information content (AvgIpc) is 2.48. The number of carbonyl (C=O) groups is 1. The van der Waals surface area contributed by atoms with Crippen molar-refractivity contribution in [3.63, 3.8) is 0 Å². The first kappa shape index (κ1) is 9.48. The van der Waals surface area contributed by atoms with Crippen LogP contribution >= 0.6 is 0 Å². The average molecular weight is 173 g/mol. The zero-order valence-corrected chi connectivity index (χ0v) is 7.25. The zero-order chi connectivity index (χ0) is 8.97. The van der Waals surface area contributed by atoms with E-state index in [1.807, 2.05) is 0 Å². The molecule has 4 heteroatoms. The Bertz CT molecular complexity index is 160. The summed E-state index contributed by atoms with van der Waals surface area (Å²) < 4.78 is 5.16. The number of aliphatic carboxylic acids is 1. The van der Waals surface area contributed by atoms with E-state index in [0.29, 0.717) is 12.1 Å². The van der Waals surface area contributed by atoms with Gasteiger partial charge in [0, 0.05) is 13.2 Å². The minimum absolute atomic E-state index is 0.0566. The van der Waals surface area contributed by atoms with Crippen LogP contribution in [0.15, 0.2) is 0 Å². The van der Waals surface area contributed by atoms with E-state index in [1.54, 1.807) is 7.11 Å². The number of carboxylic acid groups (broad SMARTS) is 1. The SMILES string of the molecule is COC1CCC(NCC(=O)O)C1. The lowest BCUT2D eigenvalue weighted by atomic mass is 10.2. The molecule has 70 valence electrons. The molecule has 0 spiro atoms. The van der Waals surface area contributed by atoms with Gasteiger partial charge < -0.3 is 15.2 Å². The van der Waals surface area contributed by atoms with Crippen molar-refractivity contribution in [2.24, 2.45) is 0 Å². The van der Waals surface area contributed by atoms with Crippen LogP contribution in [0.4, 0.5) is 0 Å². The topological polar surface area (TPSA) is 58.6 Å². The second-order valence-corrected chi connectivity index (χ2v) is 3.14. The smallest absolute Gasteiger partial charge is 0.317 e. The lowest BCUT2D eigenvalue weighted by molar-refractivity contribution is -0.136. The van der Waals surface area contributed by atoms with E-state index in [0.717, 1.165) is 19.3 Å². The van der Waals surface area contributed by atoms with Crippen LogP contribution in [0.25, 0.3) is 0 Å². The summed E-state index contributed by atoms with van der Waals surface area (Å²) in [5.74, 6) is -0.795. The molecule has 0 aliphatic heterocycles. The first-order valence-corrected chi connectivity index (χ1v) is 4.20. The predicted octanol–water partition coefficient (Wildman–Crippen LogP) is 0.228. The fourth-order valence-corrected chi connectivity index (χ4v) is 1.57. The molecule has 1 aliphatic rings. The van der Waals surface area contributed by atoms with Gasteiger partial charge in [0.2, 0.25) is 0 Å². The molecule has 0 aromatic carbocycles. The summed E-state index contributed by atoms with van der Waals surface area (Å²) in [5, 5.41) is 11.4. The summed E-state index contributed by atoms with van der Waals surface area (Å²) in [4.78, 5) is 10.2. The van der Waals surface area contributed by atoms with Gasteiger partial charge in [0.1, 0.15) is 0 Å². The fraction of sp³-hybridized carbons (Fsp3) is 0.875. The Morgan fingerprint density at radius 1 is 1.67 bits per heavy atom. The second kappa shape index (κ2) is 4.42. The van der Waals surface area contributed by atoms with Crippen molar-refractivity contribution in [1.29, 1.82) is 0 Å². The van der Waals surface area contributed by atoms with Gasteiger partial charge in [-0.2, -0.15) is 0 Å². The van der Waals surface area contributed by atoms with Crippen LogP contribution in [0.2, 0.25) is 0 Å². The summed E-state index contributed by atoms with van der Waals surface area (Å²) in [6, 6.07) is 0.325. The Kier molecular flexibility index (Phi) is 3.49. The van der Waals surface area contributed by atoms with Crippen LogP contribution in [0.3, 0.4) is 0 Å². The van der Waals surface area contributed by atoms with Crippen LogP contribution < -0.4 is 5.32 Å². The predicted molar refractivity (Wildman–Crippen MR) is 44.1 cm³/mol. The first-order chi connectivity index (χ1) is 5.72. The van der Waals surface area contributed by atoms with Crippen LogP contribution in [-0.2, 0) is 9.53 Å². The molecular formula is C8H15NO3. The van der Waals surface area contributed by atoms with Crippen molar-refractivity contribution in [2.75, 3.05) is 13.7 Å². The number of rotatable bonds is 4. The summed E-state index contributed by atoms with van der Waals surface area (Å²) in [7, 11) is 1.70. The van der Waals surface area contributed by atoms with Gasteiger partial charge in [0.25, 0.3) is 0 Å². The molecule has 1 saturated carbocycles. The molecule has 1 aliphatic carbocycles. The lowest BCUT2D eigenvalue weighted by Crippen LogP contribution is -2.32. The van der Waals surface area contributed by atoms with E-state index in [1.165, 1.54) is 0 Å². The van der Waals surface area contributed by atoms with E-state index in [-0.39, 0.29) is 6.54 Å². The minimum Gasteiger partial charge on any atom is -0.480 e. The molecule has 0 heterocycles. The summed E-state index contributed by atoms with van der Waals surface area (Å²) >= 11 is 0. The van der Waals surface area contributed by atoms with Gasteiger partial charge in [-0.1, -0.05) is 0 Å². The minimum atomic E-state index is -0.795. The van der Waals surface area contributed by atoms with Crippen LogP contribution in [0.5, 0.6) is 0 Å². The molecule has 12 heavy (non-hydrogen) atoms. The molecule has 2 unspecified atom stereocenters. The van der Waals surface area contributed by atoms with Crippen LogP contribution in [0.1, 0.15) is 19.3 Å². The van der Waals surface area contributed by atoms with E-state index in [2.05, 4.69) is 5.32 Å². The third-order valence-electron chi connectivity index (χ3n) is 2.26. The Labute approximate surface area is 71.9 Å². The van der Waals surface area contributed by atoms with Gasteiger partial charge in [-0.25, -0.2) is 0 Å². The molecule has 0 bridgehead atoms. The van der Waals surface area contributed by atoms with Crippen molar-refractivity contribution in [3.8, 4) is 0 Å². The van der Waals surface area contributed by atoms with E-state index in [9.17, 15) is 4.79 Å². The van der Waals surface area contributed by atoms with Crippen molar-refractivity contribution < 1.29 is 14.6 Å². The molecular weight excluding hydrogens is 158 g/mol. The number of hydrogen-bond acceptors (Lipinski definition) is 3. The molecule has 0 saturated heterocycles. The zero-order valence-electron chi connectivity index (χ0n) is 7.25. The highest BCUT2D eigenvalue weighted by Crippen LogP contribution is 2.20. The van der Waals surface area contributed by atoms with Gasteiger partial charge in [0.05, 0.1) is 12.6 Å². The Morgan fingerprint density at radius 3 is 2.92 bits per heavy atom. The van der Waals surface area contributed by atoms with Crippen molar-refractivity contribution in [2.45, 2.75) is 31.4 Å². The molecule has 0 radical (unpaired) electrons. The van der Waals surface area contributed by atoms with Crippen LogP contribution in [0, 0.1) is 0 Å². The Hall–Kier alpha value is -0.610. The quantitative estimate of drug-likeness (QED) is 0.639. The van der Waals surface area contributed by atoms with Crippen LogP contribution in [-0.4, -0.2) is 36.9 Å². The highest BCUT2D eigenvalue weighted by atomic mass is 16.5. The third kappa shape index (κ3) is 2.79. The first-order valence-electron chi connectivity index (χ1n) is 4.20. The molecule has 1 rings (SSSR count). The van der Waals surface area contributed by atoms with Crippen molar-refractivity contribution in [3.05, 3.63) is 0 Å². The molecule has 2 N–H and O–H groups in total. The van der Waals surface area contributed by atoms with E-state index < -0.39 is 5.97 Å². The highest BCUT2D eigenvalue weighted by Gasteiger charge is 2.23. The molecule has 0 amide bonds. The molecule has 2 atom stereocenters. The number of carboxylic acids is 1. The largest absolute Gasteiger partial charge is 0.480 e. The van der Waals surface area contributed by atoms with Crippen molar-refractivity contribution >= 4 is 5.97 Å². The molecule has 1 fully saturated rings. The number of nitrogens with one attached hydrogen (secondary N) is 1. The lowest BCUT2D eigenvalue weighted by Gasteiger charge is -2.10. The third-order valence-corrected chi connectivity index (χ3v) is 2.26. The van der Waals surface area contributed by atoms with Gasteiger partial charge in [-0.15, -0.1) is 0 Å². The highest BCUT2D eigenvalue weighted by molar-refractivity contribution is 5.69. The van der Waals surface area contributed by atoms with Gasteiger partial charge >= 0.3 is 5.97 Å². The van der Waals surface area contributed by atoms with E-state index in [4.69, 9.17) is 9.84 Å².